The van der Waals surface area contributed by atoms with Gasteiger partial charge in [-0.05, 0) is 51.6 Å². The Labute approximate surface area is 209 Å². The maximum absolute atomic E-state index is 2.47. The molecule has 0 amide bonds. The van der Waals surface area contributed by atoms with Crippen LogP contribution in [0.5, 0.6) is 0 Å². The van der Waals surface area contributed by atoms with E-state index in [0.29, 0.717) is 0 Å². The van der Waals surface area contributed by atoms with Gasteiger partial charge in [0, 0.05) is 21.5 Å². The monoisotopic (exact) mass is 457 g/mol. The zero-order chi connectivity index (χ0) is 23.6. The van der Waals surface area contributed by atoms with E-state index < -0.39 is 0 Å². The molecule has 0 aliphatic rings. The van der Waals surface area contributed by atoms with E-state index in [0.717, 1.165) is 6.42 Å². The lowest BCUT2D eigenvalue weighted by Crippen LogP contribution is -1.95. The Morgan fingerprint density at radius 1 is 0.472 bits per heavy atom. The van der Waals surface area contributed by atoms with Gasteiger partial charge in [0.1, 0.15) is 0 Å². The molecule has 0 aliphatic heterocycles. The highest BCUT2D eigenvalue weighted by Gasteiger charge is 2.18. The minimum atomic E-state index is 0.908. The second-order valence-corrected chi connectivity index (χ2v) is 9.76. The normalized spacial score (nSPS) is 12.0. The maximum atomic E-state index is 2.47. The largest absolute Gasteiger partial charge is 0.308 e. The molecule has 0 saturated carbocycles. The summed E-state index contributed by atoms with van der Waals surface area (Å²) in [6, 6.07) is 46.7. The van der Waals surface area contributed by atoms with Crippen LogP contribution in [-0.4, -0.2) is 4.40 Å². The van der Waals surface area contributed by atoms with Crippen LogP contribution in [-0.2, 0) is 6.42 Å². The molecule has 8 aromatic rings. The van der Waals surface area contributed by atoms with Crippen LogP contribution in [0.4, 0.5) is 0 Å². The first-order chi connectivity index (χ1) is 17.9. The molecule has 0 bridgehead atoms. The van der Waals surface area contributed by atoms with Gasteiger partial charge >= 0.3 is 0 Å². The maximum Gasteiger partial charge on any atom is 0.0620 e. The molecule has 36 heavy (non-hydrogen) atoms. The third-order valence-electron chi connectivity index (χ3n) is 7.80. The number of fused-ring (bicyclic) bond motifs is 7. The molecule has 0 fully saturated rings. The van der Waals surface area contributed by atoms with Gasteiger partial charge in [-0.3, -0.25) is 0 Å². The molecule has 0 radical (unpaired) electrons. The molecule has 0 saturated heterocycles. The van der Waals surface area contributed by atoms with Crippen molar-refractivity contribution < 1.29 is 0 Å². The third kappa shape index (κ3) is 2.71. The first kappa shape index (κ1) is 19.7. The summed E-state index contributed by atoms with van der Waals surface area (Å²) in [5.74, 6) is 0. The van der Waals surface area contributed by atoms with Gasteiger partial charge in [0.15, 0.2) is 0 Å². The number of benzene rings is 6. The summed E-state index contributed by atoms with van der Waals surface area (Å²) in [5.41, 5.74) is 9.18. The first-order valence-electron chi connectivity index (χ1n) is 12.6. The zero-order valence-corrected chi connectivity index (χ0v) is 19.8. The van der Waals surface area contributed by atoms with E-state index in [4.69, 9.17) is 0 Å². The van der Waals surface area contributed by atoms with E-state index in [1.165, 1.54) is 71.1 Å². The fourth-order valence-electron chi connectivity index (χ4n) is 6.19. The lowest BCUT2D eigenvalue weighted by molar-refractivity contribution is 1.21. The van der Waals surface area contributed by atoms with E-state index in [2.05, 4.69) is 132 Å². The van der Waals surface area contributed by atoms with Gasteiger partial charge in [-0.2, -0.15) is 0 Å². The summed E-state index contributed by atoms with van der Waals surface area (Å²) in [6.07, 6.45) is 0.908. The summed E-state index contributed by atoms with van der Waals surface area (Å²) >= 11 is 0. The van der Waals surface area contributed by atoms with Crippen molar-refractivity contribution in [2.24, 2.45) is 0 Å². The van der Waals surface area contributed by atoms with Gasteiger partial charge in [-0.1, -0.05) is 115 Å². The molecule has 8 rings (SSSR count). The molecule has 0 aliphatic carbocycles. The van der Waals surface area contributed by atoms with Crippen molar-refractivity contribution in [1.29, 1.82) is 0 Å². The highest BCUT2D eigenvalue weighted by molar-refractivity contribution is 6.23. The van der Waals surface area contributed by atoms with Crippen molar-refractivity contribution in [1.82, 2.24) is 4.40 Å². The molecule has 0 spiro atoms. The predicted molar refractivity (Wildman–Crippen MR) is 153 cm³/mol. The summed E-state index contributed by atoms with van der Waals surface area (Å²) in [7, 11) is 0. The van der Waals surface area contributed by atoms with Crippen LogP contribution >= 0.6 is 0 Å². The number of hydrogen-bond acceptors (Lipinski definition) is 0. The van der Waals surface area contributed by atoms with Gasteiger partial charge in [-0.15, -0.1) is 0 Å². The Bertz CT molecular complexity index is 2060. The van der Waals surface area contributed by atoms with Crippen molar-refractivity contribution in [3.05, 3.63) is 139 Å². The van der Waals surface area contributed by atoms with Crippen molar-refractivity contribution in [3.8, 4) is 11.1 Å². The highest BCUT2D eigenvalue weighted by Crippen LogP contribution is 2.41. The van der Waals surface area contributed by atoms with E-state index in [9.17, 15) is 0 Å². The van der Waals surface area contributed by atoms with E-state index in [1.54, 1.807) is 0 Å². The van der Waals surface area contributed by atoms with Crippen LogP contribution in [0.3, 0.4) is 0 Å². The number of para-hydroxylation sites is 2. The fraction of sp³-hybridized carbons (Fsp3) is 0.0286. The van der Waals surface area contributed by atoms with Gasteiger partial charge in [0.25, 0.3) is 0 Å². The third-order valence-corrected chi connectivity index (χ3v) is 7.80. The number of rotatable bonds is 3. The lowest BCUT2D eigenvalue weighted by atomic mass is 9.90. The standard InChI is InChI=1S/C35H23N/c1-2-9-23(10-3-1)21-32-26-12-5-4-11-24(26)17-19-27(32)25-18-20-29-31-15-8-14-30-28-13-6-7-16-33(28)36(35(30)31)34(29)22-25/h1-20,22H,21H2. The quantitative estimate of drug-likeness (QED) is 0.249. The minimum Gasteiger partial charge on any atom is -0.308 e. The van der Waals surface area contributed by atoms with Crippen molar-refractivity contribution in [2.45, 2.75) is 6.42 Å². The summed E-state index contributed by atoms with van der Waals surface area (Å²) < 4.78 is 2.47. The average Bonchev–Trinajstić information content (AvgIpc) is 3.46. The van der Waals surface area contributed by atoms with Gasteiger partial charge < -0.3 is 4.40 Å². The Kier molecular flexibility index (Phi) is 4.06. The first-order valence-corrected chi connectivity index (χ1v) is 12.6. The number of hydrogen-bond donors (Lipinski definition) is 0. The molecule has 6 aromatic carbocycles. The van der Waals surface area contributed by atoms with Crippen molar-refractivity contribution in [2.75, 3.05) is 0 Å². The minimum absolute atomic E-state index is 0.908. The van der Waals surface area contributed by atoms with Crippen LogP contribution in [0.1, 0.15) is 11.1 Å². The molecular weight excluding hydrogens is 434 g/mol. The Hall–Kier alpha value is -4.62. The second-order valence-electron chi connectivity index (χ2n) is 9.76. The molecule has 0 N–H and O–H groups in total. The fourth-order valence-corrected chi connectivity index (χ4v) is 6.19. The summed E-state index contributed by atoms with van der Waals surface area (Å²) in [6.45, 7) is 0. The van der Waals surface area contributed by atoms with Crippen molar-refractivity contribution in [3.63, 3.8) is 0 Å². The molecule has 168 valence electrons. The smallest absolute Gasteiger partial charge is 0.0620 e. The van der Waals surface area contributed by atoms with Gasteiger partial charge in [-0.25, -0.2) is 0 Å². The van der Waals surface area contributed by atoms with Gasteiger partial charge in [0.2, 0.25) is 0 Å². The zero-order valence-electron chi connectivity index (χ0n) is 19.8. The Morgan fingerprint density at radius 3 is 2.03 bits per heavy atom. The van der Waals surface area contributed by atoms with Crippen LogP contribution in [0.25, 0.3) is 60.0 Å². The van der Waals surface area contributed by atoms with E-state index >= 15 is 0 Å². The second kappa shape index (κ2) is 7.44. The van der Waals surface area contributed by atoms with Crippen LogP contribution in [0.15, 0.2) is 127 Å². The van der Waals surface area contributed by atoms with E-state index in [-0.39, 0.29) is 0 Å². The Morgan fingerprint density at radius 2 is 1.17 bits per heavy atom. The summed E-state index contributed by atoms with van der Waals surface area (Å²) in [4.78, 5) is 0. The van der Waals surface area contributed by atoms with Crippen molar-refractivity contribution >= 4 is 48.9 Å². The van der Waals surface area contributed by atoms with Crippen LogP contribution in [0, 0.1) is 0 Å². The molecule has 1 nitrogen and oxygen atoms in total. The topological polar surface area (TPSA) is 4.41 Å². The molecule has 0 unspecified atom stereocenters. The number of aromatic nitrogens is 1. The van der Waals surface area contributed by atoms with Gasteiger partial charge in [0.05, 0.1) is 16.6 Å². The molecule has 2 aromatic heterocycles. The molecular formula is C35H23N. The van der Waals surface area contributed by atoms with Crippen LogP contribution in [0.2, 0.25) is 0 Å². The predicted octanol–water partition coefficient (Wildman–Crippen LogP) is 9.25. The summed E-state index contributed by atoms with van der Waals surface area (Å²) in [5, 5.41) is 7.91. The average molecular weight is 458 g/mol. The van der Waals surface area contributed by atoms with Crippen LogP contribution < -0.4 is 0 Å². The molecule has 2 heterocycles. The molecule has 0 atom stereocenters. The molecule has 1 heteroatoms. The SMILES string of the molecule is c1ccc(Cc2c(-c3ccc4c5cccc6c7ccccc7n(c4c3)c65)ccc3ccccc23)cc1. The highest BCUT2D eigenvalue weighted by atomic mass is 14.9. The van der Waals surface area contributed by atoms with E-state index in [1.807, 2.05) is 0 Å². The lowest BCUT2D eigenvalue weighted by Gasteiger charge is -2.14. The Balaban J connectivity index is 1.44. The number of nitrogens with zero attached hydrogens (tertiary/aromatic N) is 1.